The zero-order valence-corrected chi connectivity index (χ0v) is 13.6. The number of rotatable bonds is 5. The minimum atomic E-state index is -0.553. The molecule has 3 rings (SSSR count). The molecule has 1 fully saturated rings. The number of aliphatic hydroxyl groups excluding tert-OH is 1. The van der Waals surface area contributed by atoms with E-state index < -0.39 is 12.0 Å². The Balaban J connectivity index is 1.81. The van der Waals surface area contributed by atoms with Gasteiger partial charge in [0, 0.05) is 13.6 Å². The van der Waals surface area contributed by atoms with Crippen LogP contribution in [-0.2, 0) is 0 Å². The summed E-state index contributed by atoms with van der Waals surface area (Å²) in [6, 6.07) is 4.18. The molecule has 1 saturated carbocycles. The van der Waals surface area contributed by atoms with Crippen LogP contribution in [0.1, 0.15) is 28.9 Å². The van der Waals surface area contributed by atoms with E-state index in [0.29, 0.717) is 11.3 Å². The maximum Gasteiger partial charge on any atom is 0.278 e. The van der Waals surface area contributed by atoms with E-state index in [-0.39, 0.29) is 29.7 Å². The highest BCUT2D eigenvalue weighted by Crippen LogP contribution is 2.33. The van der Waals surface area contributed by atoms with Crippen molar-refractivity contribution in [3.63, 3.8) is 0 Å². The number of hydrogen-bond donors (Lipinski definition) is 2. The first-order valence-corrected chi connectivity index (χ1v) is 7.85. The highest BCUT2D eigenvalue weighted by Gasteiger charge is 2.32. The van der Waals surface area contributed by atoms with Crippen molar-refractivity contribution in [2.24, 2.45) is 5.92 Å². The molecule has 0 aliphatic heterocycles. The quantitative estimate of drug-likeness (QED) is 0.875. The van der Waals surface area contributed by atoms with Crippen molar-refractivity contribution in [3.05, 3.63) is 41.5 Å². The Morgan fingerprint density at radius 1 is 1.50 bits per heavy atom. The van der Waals surface area contributed by atoms with Crippen molar-refractivity contribution < 1.29 is 19.4 Å². The summed E-state index contributed by atoms with van der Waals surface area (Å²) in [5.74, 6) is -0.826. The third kappa shape index (κ3) is 3.26. The first-order chi connectivity index (χ1) is 11.4. The number of carbonyl (C=O) groups is 1. The molecule has 0 bridgehead atoms. The SMILES string of the molecule is Cc1cc(F)ccc1-n1cc(O)c(C(=O)N(C)CC(O)C2CC2)n1. The zero-order valence-electron chi connectivity index (χ0n) is 13.6. The molecule has 6 nitrogen and oxygen atoms in total. The van der Waals surface area contributed by atoms with Gasteiger partial charge in [0.1, 0.15) is 5.82 Å². The smallest absolute Gasteiger partial charge is 0.278 e. The number of hydrogen-bond acceptors (Lipinski definition) is 4. The minimum absolute atomic E-state index is 0.0933. The summed E-state index contributed by atoms with van der Waals surface area (Å²) in [5, 5.41) is 24.1. The topological polar surface area (TPSA) is 78.6 Å². The lowest BCUT2D eigenvalue weighted by Gasteiger charge is -2.19. The number of benzene rings is 1. The van der Waals surface area contributed by atoms with Crippen LogP contribution in [0.3, 0.4) is 0 Å². The Hall–Kier alpha value is -2.41. The van der Waals surface area contributed by atoms with E-state index in [1.165, 1.54) is 34.0 Å². The van der Waals surface area contributed by atoms with Gasteiger partial charge in [-0.05, 0) is 49.4 Å². The van der Waals surface area contributed by atoms with Crippen molar-refractivity contribution in [3.8, 4) is 11.4 Å². The van der Waals surface area contributed by atoms with Crippen LogP contribution in [0.2, 0.25) is 0 Å². The second-order valence-corrected chi connectivity index (χ2v) is 6.33. The van der Waals surface area contributed by atoms with Crippen molar-refractivity contribution in [1.29, 1.82) is 0 Å². The van der Waals surface area contributed by atoms with Gasteiger partial charge < -0.3 is 15.1 Å². The van der Waals surface area contributed by atoms with Crippen LogP contribution < -0.4 is 0 Å². The van der Waals surface area contributed by atoms with Crippen LogP contribution in [0.15, 0.2) is 24.4 Å². The summed E-state index contributed by atoms with van der Waals surface area (Å²) in [7, 11) is 1.57. The van der Waals surface area contributed by atoms with E-state index in [9.17, 15) is 19.4 Å². The fraction of sp³-hybridized carbons (Fsp3) is 0.412. The lowest BCUT2D eigenvalue weighted by atomic mass is 10.2. The number of halogens is 1. The molecule has 0 radical (unpaired) electrons. The fourth-order valence-electron chi connectivity index (χ4n) is 2.69. The van der Waals surface area contributed by atoms with Crippen LogP contribution in [0.25, 0.3) is 5.69 Å². The number of aromatic hydroxyl groups is 1. The molecular formula is C17H20FN3O3. The van der Waals surface area contributed by atoms with Gasteiger partial charge in [-0.15, -0.1) is 0 Å². The summed E-state index contributed by atoms with van der Waals surface area (Å²) >= 11 is 0. The molecule has 1 aromatic heterocycles. The van der Waals surface area contributed by atoms with Crippen LogP contribution in [0.4, 0.5) is 4.39 Å². The van der Waals surface area contributed by atoms with Crippen LogP contribution in [0.5, 0.6) is 5.75 Å². The normalized spacial score (nSPS) is 15.3. The maximum atomic E-state index is 13.2. The Bertz CT molecular complexity index is 770. The molecular weight excluding hydrogens is 313 g/mol. The number of amides is 1. The molecule has 2 aromatic rings. The van der Waals surface area contributed by atoms with E-state index in [2.05, 4.69) is 5.10 Å². The van der Waals surface area contributed by atoms with Gasteiger partial charge in [0.15, 0.2) is 11.4 Å². The predicted octanol–water partition coefficient (Wildman–Crippen LogP) is 1.87. The molecule has 1 aliphatic rings. The molecule has 0 spiro atoms. The van der Waals surface area contributed by atoms with Gasteiger partial charge in [-0.1, -0.05) is 0 Å². The number of aromatic nitrogens is 2. The maximum absolute atomic E-state index is 13.2. The van der Waals surface area contributed by atoms with Crippen LogP contribution in [0, 0.1) is 18.7 Å². The van der Waals surface area contributed by atoms with Crippen LogP contribution in [-0.4, -0.2) is 50.5 Å². The van der Waals surface area contributed by atoms with E-state index in [4.69, 9.17) is 0 Å². The van der Waals surface area contributed by atoms with Gasteiger partial charge in [-0.3, -0.25) is 4.79 Å². The van der Waals surface area contributed by atoms with Crippen molar-refractivity contribution in [1.82, 2.24) is 14.7 Å². The number of likely N-dealkylation sites (N-methyl/N-ethyl adjacent to an activating group) is 1. The van der Waals surface area contributed by atoms with Crippen molar-refractivity contribution >= 4 is 5.91 Å². The molecule has 1 amide bonds. The molecule has 128 valence electrons. The monoisotopic (exact) mass is 333 g/mol. The molecule has 1 aliphatic carbocycles. The lowest BCUT2D eigenvalue weighted by molar-refractivity contribution is 0.0637. The molecule has 2 N–H and O–H groups in total. The fourth-order valence-corrected chi connectivity index (χ4v) is 2.69. The highest BCUT2D eigenvalue weighted by molar-refractivity contribution is 5.94. The average molecular weight is 333 g/mol. The lowest BCUT2D eigenvalue weighted by Crippen LogP contribution is -2.35. The first kappa shape index (κ1) is 16.4. The minimum Gasteiger partial charge on any atom is -0.504 e. The van der Waals surface area contributed by atoms with Crippen molar-refractivity contribution in [2.45, 2.75) is 25.9 Å². The van der Waals surface area contributed by atoms with Gasteiger partial charge in [-0.25, -0.2) is 9.07 Å². The average Bonchev–Trinajstić information content (AvgIpc) is 3.30. The Labute approximate surface area is 139 Å². The predicted molar refractivity (Wildman–Crippen MR) is 85.6 cm³/mol. The number of nitrogens with zero attached hydrogens (tertiary/aromatic N) is 3. The molecule has 1 aromatic carbocycles. The van der Waals surface area contributed by atoms with Crippen molar-refractivity contribution in [2.75, 3.05) is 13.6 Å². The molecule has 24 heavy (non-hydrogen) atoms. The molecule has 1 unspecified atom stereocenters. The van der Waals surface area contributed by atoms with Crippen LogP contribution >= 0.6 is 0 Å². The van der Waals surface area contributed by atoms with Gasteiger partial charge >= 0.3 is 0 Å². The first-order valence-electron chi connectivity index (χ1n) is 7.85. The van der Waals surface area contributed by atoms with Gasteiger partial charge in [-0.2, -0.15) is 5.10 Å². The number of aliphatic hydroxyl groups is 1. The summed E-state index contributed by atoms with van der Waals surface area (Å²) in [5.41, 5.74) is 1.12. The highest BCUT2D eigenvalue weighted by atomic mass is 19.1. The Morgan fingerprint density at radius 3 is 2.83 bits per heavy atom. The second-order valence-electron chi connectivity index (χ2n) is 6.33. The number of carbonyl (C=O) groups excluding carboxylic acids is 1. The van der Waals surface area contributed by atoms with E-state index >= 15 is 0 Å². The standard InChI is InChI=1S/C17H20FN3O3/c1-10-7-12(18)5-6-13(10)21-9-15(23)16(19-21)17(24)20(2)8-14(22)11-3-4-11/h5-7,9,11,14,22-23H,3-4,8H2,1-2H3. The van der Waals surface area contributed by atoms with Gasteiger partial charge in [0.25, 0.3) is 5.91 Å². The van der Waals surface area contributed by atoms with E-state index in [0.717, 1.165) is 12.8 Å². The third-order valence-electron chi connectivity index (χ3n) is 4.28. The van der Waals surface area contributed by atoms with Gasteiger partial charge in [0.2, 0.25) is 0 Å². The second kappa shape index (κ2) is 6.24. The summed E-state index contributed by atoms with van der Waals surface area (Å²) in [6.07, 6.45) is 2.72. The summed E-state index contributed by atoms with van der Waals surface area (Å²) < 4.78 is 14.6. The molecule has 1 atom stereocenters. The molecule has 7 heteroatoms. The zero-order chi connectivity index (χ0) is 17.4. The van der Waals surface area contributed by atoms with Gasteiger partial charge in [0.05, 0.1) is 18.0 Å². The largest absolute Gasteiger partial charge is 0.504 e. The van der Waals surface area contributed by atoms with E-state index in [1.54, 1.807) is 14.0 Å². The molecule has 0 saturated heterocycles. The Morgan fingerprint density at radius 2 is 2.21 bits per heavy atom. The summed E-state index contributed by atoms with van der Waals surface area (Å²) in [4.78, 5) is 13.8. The Kier molecular flexibility index (Phi) is 4.28. The number of aryl methyl sites for hydroxylation is 1. The molecule has 1 heterocycles. The van der Waals surface area contributed by atoms with E-state index in [1.807, 2.05) is 0 Å². The third-order valence-corrected chi connectivity index (χ3v) is 4.28. The summed E-state index contributed by atoms with van der Waals surface area (Å²) in [6.45, 7) is 1.92.